The van der Waals surface area contributed by atoms with E-state index in [4.69, 9.17) is 0 Å². The molecule has 0 heterocycles. The van der Waals surface area contributed by atoms with E-state index in [2.05, 4.69) is 0 Å². The van der Waals surface area contributed by atoms with Crippen LogP contribution >= 0.6 is 23.5 Å². The van der Waals surface area contributed by atoms with Gasteiger partial charge in [-0.15, -0.1) is 0 Å². The van der Waals surface area contributed by atoms with Gasteiger partial charge < -0.3 is 0 Å². The lowest BCUT2D eigenvalue weighted by Crippen LogP contribution is -2.04. The molecule has 2 N–H and O–H groups in total. The van der Waals surface area contributed by atoms with E-state index in [-0.39, 0.29) is 20.9 Å². The molecule has 0 saturated carbocycles. The van der Waals surface area contributed by atoms with Crippen LogP contribution in [0.15, 0.2) is 58.3 Å². The average molecular weight is 455 g/mol. The number of thiocyanates is 2. The van der Waals surface area contributed by atoms with Crippen molar-refractivity contribution in [3.63, 3.8) is 0 Å². The molecule has 144 valence electrons. The van der Waals surface area contributed by atoms with E-state index in [1.165, 1.54) is 36.4 Å². The number of nitrogens with zero attached hydrogens (tertiary/aromatic N) is 2. The molecule has 0 fully saturated rings. The second kappa shape index (κ2) is 8.79. The predicted molar refractivity (Wildman–Crippen MR) is 106 cm³/mol. The summed E-state index contributed by atoms with van der Waals surface area (Å²) in [4.78, 5) is -1.18. The van der Waals surface area contributed by atoms with Crippen LogP contribution in [0.5, 0.6) is 0 Å². The molecule has 8 nitrogen and oxygen atoms in total. The monoisotopic (exact) mass is 454 g/mol. The summed E-state index contributed by atoms with van der Waals surface area (Å²) in [6, 6.07) is 10.4. The van der Waals surface area contributed by atoms with Crippen molar-refractivity contribution in [2.75, 3.05) is 0 Å². The molecule has 2 aromatic rings. The van der Waals surface area contributed by atoms with Crippen molar-refractivity contribution in [2.45, 2.75) is 9.79 Å². The maximum absolute atomic E-state index is 11.7. The van der Waals surface area contributed by atoms with Gasteiger partial charge >= 0.3 is 0 Å². The Kier molecular flexibility index (Phi) is 6.90. The maximum Gasteiger partial charge on any atom is 0.295 e. The molecule has 0 aliphatic heterocycles. The van der Waals surface area contributed by atoms with Crippen LogP contribution in [0.4, 0.5) is 0 Å². The summed E-state index contributed by atoms with van der Waals surface area (Å²) >= 11 is 0.966. The van der Waals surface area contributed by atoms with Gasteiger partial charge in [0.25, 0.3) is 20.2 Å². The van der Waals surface area contributed by atoms with E-state index >= 15 is 0 Å². The number of hydrogen-bond acceptors (Lipinski definition) is 8. The Balaban J connectivity index is 3.00. The van der Waals surface area contributed by atoms with Crippen molar-refractivity contribution >= 4 is 53.6 Å². The highest BCUT2D eigenvalue weighted by molar-refractivity contribution is 8.17. The third-order valence-electron chi connectivity index (χ3n) is 3.32. The van der Waals surface area contributed by atoms with Gasteiger partial charge in [-0.05, 0) is 35.7 Å². The lowest BCUT2D eigenvalue weighted by atomic mass is 10.1. The first-order chi connectivity index (χ1) is 13.1. The Morgan fingerprint density at radius 1 is 0.714 bits per heavy atom. The zero-order valence-corrected chi connectivity index (χ0v) is 16.9. The largest absolute Gasteiger partial charge is 0.295 e. The van der Waals surface area contributed by atoms with Crippen LogP contribution in [0.1, 0.15) is 11.1 Å². The highest BCUT2D eigenvalue weighted by Crippen LogP contribution is 2.44. The summed E-state index contributed by atoms with van der Waals surface area (Å²) in [5.41, 5.74) is -0.195. The van der Waals surface area contributed by atoms with Gasteiger partial charge in [-0.1, -0.05) is 36.4 Å². The lowest BCUT2D eigenvalue weighted by molar-refractivity contribution is 0.480. The standard InChI is InChI=1S/C16H10N2O6S4/c17-9-25-15(11-5-1-3-7-13(11)27(19,20)21)16(26-10-18)12-6-2-4-8-14(12)28(22,23)24/h1-8H,(H,19,20,21)(H,22,23,24). The van der Waals surface area contributed by atoms with Gasteiger partial charge in [0.05, 0.1) is 0 Å². The SMILES string of the molecule is N#CSC(=C(SC#N)c1ccccc1S(=O)(=O)O)c1ccccc1S(=O)(=O)O. The summed E-state index contributed by atoms with van der Waals surface area (Å²) in [6.45, 7) is 0. The van der Waals surface area contributed by atoms with Crippen LogP contribution in [0, 0.1) is 21.3 Å². The van der Waals surface area contributed by atoms with Crippen molar-refractivity contribution < 1.29 is 25.9 Å². The molecule has 0 radical (unpaired) electrons. The van der Waals surface area contributed by atoms with Crippen LogP contribution in [0.3, 0.4) is 0 Å². The molecule has 0 aromatic heterocycles. The first-order valence-electron chi connectivity index (χ1n) is 7.11. The zero-order chi connectivity index (χ0) is 20.9. The van der Waals surface area contributed by atoms with Gasteiger partial charge in [-0.25, -0.2) is 0 Å². The molecule has 0 atom stereocenters. The molecule has 2 aromatic carbocycles. The van der Waals surface area contributed by atoms with E-state index in [1.54, 1.807) is 10.8 Å². The third-order valence-corrected chi connectivity index (χ3v) is 6.71. The van der Waals surface area contributed by atoms with Crippen molar-refractivity contribution in [1.82, 2.24) is 0 Å². The van der Waals surface area contributed by atoms with Crippen LogP contribution in [-0.4, -0.2) is 25.9 Å². The Morgan fingerprint density at radius 3 is 1.32 bits per heavy atom. The van der Waals surface area contributed by atoms with Gasteiger partial charge in [0.1, 0.15) is 20.6 Å². The fourth-order valence-corrected chi connectivity index (χ4v) is 5.24. The Labute approximate surface area is 170 Å². The second-order valence-electron chi connectivity index (χ2n) is 4.99. The van der Waals surface area contributed by atoms with E-state index in [9.17, 15) is 36.5 Å². The molecule has 0 unspecified atom stereocenters. The molecule has 0 spiro atoms. The van der Waals surface area contributed by atoms with Crippen LogP contribution in [0.2, 0.25) is 0 Å². The van der Waals surface area contributed by atoms with Crippen molar-refractivity contribution in [2.24, 2.45) is 0 Å². The Hall–Kier alpha value is -2.32. The van der Waals surface area contributed by atoms with E-state index in [0.717, 1.165) is 12.1 Å². The van der Waals surface area contributed by atoms with Crippen molar-refractivity contribution in [3.8, 4) is 10.8 Å². The molecule has 0 bridgehead atoms. The molecule has 2 rings (SSSR count). The minimum atomic E-state index is -4.68. The summed E-state index contributed by atoms with van der Waals surface area (Å²) < 4.78 is 66.0. The fraction of sp³-hybridized carbons (Fsp3) is 0. The topological polar surface area (TPSA) is 156 Å². The van der Waals surface area contributed by atoms with Crippen LogP contribution in [0.25, 0.3) is 9.81 Å². The quantitative estimate of drug-likeness (QED) is 0.376. The minimum Gasteiger partial charge on any atom is -0.282 e. The van der Waals surface area contributed by atoms with Gasteiger partial charge in [0, 0.05) is 20.9 Å². The lowest BCUT2D eigenvalue weighted by Gasteiger charge is -2.14. The molecule has 28 heavy (non-hydrogen) atoms. The number of rotatable bonds is 6. The van der Waals surface area contributed by atoms with E-state index in [1.807, 2.05) is 0 Å². The van der Waals surface area contributed by atoms with E-state index in [0.29, 0.717) is 23.5 Å². The maximum atomic E-state index is 11.7. The van der Waals surface area contributed by atoms with Gasteiger partial charge in [-0.3, -0.25) is 9.11 Å². The van der Waals surface area contributed by atoms with Crippen molar-refractivity contribution in [3.05, 3.63) is 59.7 Å². The predicted octanol–water partition coefficient (Wildman–Crippen LogP) is 3.43. The number of nitriles is 2. The third kappa shape index (κ3) is 4.94. The molecular formula is C16H10N2O6S4. The summed E-state index contributed by atoms with van der Waals surface area (Å²) in [7, 11) is -9.37. The molecular weight excluding hydrogens is 444 g/mol. The van der Waals surface area contributed by atoms with Gasteiger partial charge in [0.2, 0.25) is 0 Å². The normalized spacial score (nSPS) is 12.6. The summed E-state index contributed by atoms with van der Waals surface area (Å²) in [6.07, 6.45) is 0. The molecule has 0 aliphatic carbocycles. The van der Waals surface area contributed by atoms with Gasteiger partial charge in [-0.2, -0.15) is 27.4 Å². The first kappa shape index (κ1) is 22.0. The second-order valence-corrected chi connectivity index (χ2v) is 9.36. The van der Waals surface area contributed by atoms with Gasteiger partial charge in [0.15, 0.2) is 0 Å². The van der Waals surface area contributed by atoms with Crippen LogP contribution < -0.4 is 0 Å². The molecule has 0 amide bonds. The highest BCUT2D eigenvalue weighted by Gasteiger charge is 2.25. The first-order valence-corrected chi connectivity index (χ1v) is 11.6. The molecule has 12 heteroatoms. The summed E-state index contributed by atoms with van der Waals surface area (Å²) in [5.74, 6) is 0. The fourth-order valence-electron chi connectivity index (χ4n) is 2.30. The number of thioether (sulfide) groups is 2. The number of benzene rings is 2. The summed E-state index contributed by atoms with van der Waals surface area (Å²) in [5, 5.41) is 21.9. The van der Waals surface area contributed by atoms with E-state index < -0.39 is 30.0 Å². The Bertz CT molecular complexity index is 1140. The highest BCUT2D eigenvalue weighted by atomic mass is 32.2. The number of hydrogen-bond donors (Lipinski definition) is 2. The Morgan fingerprint density at radius 2 is 1.04 bits per heavy atom. The van der Waals surface area contributed by atoms with Crippen LogP contribution in [-0.2, 0) is 20.2 Å². The zero-order valence-electron chi connectivity index (χ0n) is 13.7. The van der Waals surface area contributed by atoms with Crippen molar-refractivity contribution in [1.29, 1.82) is 10.5 Å². The average Bonchev–Trinajstić information content (AvgIpc) is 2.63. The molecule has 0 aliphatic rings. The smallest absolute Gasteiger partial charge is 0.282 e. The minimum absolute atomic E-state index is 0.0709. The molecule has 0 saturated heterocycles.